The molecule has 0 aromatic heterocycles. The number of halogens is 3. The molecule has 0 radical (unpaired) electrons. The quantitative estimate of drug-likeness (QED) is 0.804. The highest BCUT2D eigenvalue weighted by atomic mass is 35.5. The van der Waals surface area contributed by atoms with Gasteiger partial charge in [0.2, 0.25) is 0 Å². The Labute approximate surface area is 137 Å². The number of hydrogen-bond donors (Lipinski definition) is 2. The van der Waals surface area contributed by atoms with Crippen LogP contribution in [0.1, 0.15) is 5.56 Å². The lowest BCUT2D eigenvalue weighted by atomic mass is 10.2. The molecule has 2 amide bonds. The van der Waals surface area contributed by atoms with Crippen molar-refractivity contribution in [1.82, 2.24) is 5.32 Å². The molecule has 0 saturated carbocycles. The molecule has 0 atom stereocenters. The van der Waals surface area contributed by atoms with Crippen LogP contribution in [0, 0.1) is 18.6 Å². The Morgan fingerprint density at radius 3 is 2.70 bits per heavy atom. The summed E-state index contributed by atoms with van der Waals surface area (Å²) in [7, 11) is 0. The van der Waals surface area contributed by atoms with E-state index in [0.717, 1.165) is 17.7 Å². The summed E-state index contributed by atoms with van der Waals surface area (Å²) >= 11 is 5.84. The maximum atomic E-state index is 13.4. The van der Waals surface area contributed by atoms with Gasteiger partial charge in [-0.3, -0.25) is 0 Å². The lowest BCUT2D eigenvalue weighted by molar-refractivity contribution is 0.247. The summed E-state index contributed by atoms with van der Waals surface area (Å²) in [4.78, 5) is 11.6. The normalized spacial score (nSPS) is 10.3. The van der Waals surface area contributed by atoms with E-state index in [-0.39, 0.29) is 18.8 Å². The lowest BCUT2D eigenvalue weighted by Gasteiger charge is -2.11. The summed E-state index contributed by atoms with van der Waals surface area (Å²) < 4.78 is 31.6. The standard InChI is InChI=1S/C16H15ClF2N2O2/c1-10-8-11(17)2-5-15(10)23-7-6-20-16(22)21-14-4-3-12(18)9-13(14)19/h2-5,8-9H,6-7H2,1H3,(H2,20,21,22). The number of benzene rings is 2. The fraction of sp³-hybridized carbons (Fsp3) is 0.188. The summed E-state index contributed by atoms with van der Waals surface area (Å²) in [5, 5.41) is 5.42. The molecule has 122 valence electrons. The van der Waals surface area contributed by atoms with Gasteiger partial charge in [0.05, 0.1) is 12.2 Å². The molecule has 0 fully saturated rings. The number of anilines is 1. The van der Waals surface area contributed by atoms with Gasteiger partial charge >= 0.3 is 6.03 Å². The third kappa shape index (κ3) is 5.10. The van der Waals surface area contributed by atoms with Crippen molar-refractivity contribution in [3.8, 4) is 5.75 Å². The molecule has 0 aliphatic heterocycles. The van der Waals surface area contributed by atoms with E-state index in [0.29, 0.717) is 16.8 Å². The van der Waals surface area contributed by atoms with Crippen molar-refractivity contribution in [2.45, 2.75) is 6.92 Å². The zero-order valence-electron chi connectivity index (χ0n) is 12.3. The van der Waals surface area contributed by atoms with Gasteiger partial charge in [-0.1, -0.05) is 11.6 Å². The van der Waals surface area contributed by atoms with Gasteiger partial charge in [0, 0.05) is 11.1 Å². The van der Waals surface area contributed by atoms with E-state index in [1.807, 2.05) is 6.92 Å². The van der Waals surface area contributed by atoms with Crippen LogP contribution in [0.3, 0.4) is 0 Å². The van der Waals surface area contributed by atoms with Crippen LogP contribution in [0.5, 0.6) is 5.75 Å². The van der Waals surface area contributed by atoms with Crippen LogP contribution < -0.4 is 15.4 Å². The average molecular weight is 341 g/mol. The largest absolute Gasteiger partial charge is 0.491 e. The zero-order chi connectivity index (χ0) is 16.8. The maximum absolute atomic E-state index is 13.4. The zero-order valence-corrected chi connectivity index (χ0v) is 13.1. The minimum Gasteiger partial charge on any atom is -0.491 e. The molecule has 0 aliphatic rings. The van der Waals surface area contributed by atoms with Gasteiger partial charge in [-0.15, -0.1) is 0 Å². The van der Waals surface area contributed by atoms with Crippen LogP contribution in [0.4, 0.5) is 19.3 Å². The molecule has 0 saturated heterocycles. The Morgan fingerprint density at radius 1 is 1.22 bits per heavy atom. The average Bonchev–Trinajstić information content (AvgIpc) is 2.48. The molecule has 7 heteroatoms. The van der Waals surface area contributed by atoms with Crippen molar-refractivity contribution in [2.75, 3.05) is 18.5 Å². The highest BCUT2D eigenvalue weighted by Gasteiger charge is 2.07. The van der Waals surface area contributed by atoms with Crippen LogP contribution in [0.2, 0.25) is 5.02 Å². The van der Waals surface area contributed by atoms with E-state index < -0.39 is 17.7 Å². The van der Waals surface area contributed by atoms with Gasteiger partial charge in [-0.05, 0) is 42.8 Å². The summed E-state index contributed by atoms with van der Waals surface area (Å²) in [6.45, 7) is 2.32. The molecule has 2 N–H and O–H groups in total. The SMILES string of the molecule is Cc1cc(Cl)ccc1OCCNC(=O)Nc1ccc(F)cc1F. The number of nitrogens with one attached hydrogen (secondary N) is 2. The van der Waals surface area contributed by atoms with Crippen LogP contribution in [-0.2, 0) is 0 Å². The Morgan fingerprint density at radius 2 is 2.00 bits per heavy atom. The molecule has 0 bridgehead atoms. The second kappa shape index (κ2) is 7.78. The Kier molecular flexibility index (Phi) is 5.76. The van der Waals surface area contributed by atoms with E-state index in [1.165, 1.54) is 0 Å². The molecule has 0 spiro atoms. The predicted molar refractivity (Wildman–Crippen MR) is 85.1 cm³/mol. The van der Waals surface area contributed by atoms with E-state index in [1.54, 1.807) is 18.2 Å². The van der Waals surface area contributed by atoms with Gasteiger partial charge in [-0.25, -0.2) is 13.6 Å². The molecule has 2 aromatic carbocycles. The van der Waals surface area contributed by atoms with Crippen molar-refractivity contribution >= 4 is 23.3 Å². The van der Waals surface area contributed by atoms with Crippen LogP contribution in [0.15, 0.2) is 36.4 Å². The second-order valence-corrected chi connectivity index (χ2v) is 5.20. The molecular weight excluding hydrogens is 326 g/mol. The summed E-state index contributed by atoms with van der Waals surface area (Å²) in [6.07, 6.45) is 0. The highest BCUT2D eigenvalue weighted by Crippen LogP contribution is 2.21. The number of urea groups is 1. The highest BCUT2D eigenvalue weighted by molar-refractivity contribution is 6.30. The Hall–Kier alpha value is -2.34. The third-order valence-corrected chi connectivity index (χ3v) is 3.20. The second-order valence-electron chi connectivity index (χ2n) is 4.76. The first-order chi connectivity index (χ1) is 11.0. The monoisotopic (exact) mass is 340 g/mol. The molecule has 0 aliphatic carbocycles. The van der Waals surface area contributed by atoms with Crippen LogP contribution in [0.25, 0.3) is 0 Å². The minimum atomic E-state index is -0.840. The Balaban J connectivity index is 1.76. The maximum Gasteiger partial charge on any atom is 0.319 e. The van der Waals surface area contributed by atoms with Crippen molar-refractivity contribution in [3.63, 3.8) is 0 Å². The first kappa shape index (κ1) is 17.0. The van der Waals surface area contributed by atoms with Gasteiger partial charge in [0.25, 0.3) is 0 Å². The summed E-state index contributed by atoms with van der Waals surface area (Å²) in [5.74, 6) is -0.880. The van der Waals surface area contributed by atoms with Gasteiger partial charge in [0.1, 0.15) is 24.0 Å². The number of amides is 2. The first-order valence-electron chi connectivity index (χ1n) is 6.84. The van der Waals surface area contributed by atoms with Crippen molar-refractivity contribution in [2.24, 2.45) is 0 Å². The third-order valence-electron chi connectivity index (χ3n) is 2.96. The smallest absolute Gasteiger partial charge is 0.319 e. The number of ether oxygens (including phenoxy) is 1. The first-order valence-corrected chi connectivity index (χ1v) is 7.22. The Bertz CT molecular complexity index is 710. The van der Waals surface area contributed by atoms with E-state index >= 15 is 0 Å². The molecule has 4 nitrogen and oxygen atoms in total. The fourth-order valence-corrected chi connectivity index (χ4v) is 2.08. The van der Waals surface area contributed by atoms with Crippen molar-refractivity contribution < 1.29 is 18.3 Å². The van der Waals surface area contributed by atoms with Gasteiger partial charge in [0.15, 0.2) is 0 Å². The van der Waals surface area contributed by atoms with Gasteiger partial charge < -0.3 is 15.4 Å². The van der Waals surface area contributed by atoms with Crippen molar-refractivity contribution in [1.29, 1.82) is 0 Å². The topological polar surface area (TPSA) is 50.4 Å². The predicted octanol–water partition coefficient (Wildman–Crippen LogP) is 4.13. The molecule has 2 aromatic rings. The lowest BCUT2D eigenvalue weighted by Crippen LogP contribution is -2.32. The minimum absolute atomic E-state index is 0.0987. The summed E-state index contributed by atoms with van der Waals surface area (Å²) in [5.41, 5.74) is 0.786. The van der Waals surface area contributed by atoms with E-state index in [2.05, 4.69) is 10.6 Å². The van der Waals surface area contributed by atoms with Crippen molar-refractivity contribution in [3.05, 3.63) is 58.6 Å². The number of hydrogen-bond acceptors (Lipinski definition) is 2. The van der Waals surface area contributed by atoms with Crippen LogP contribution in [-0.4, -0.2) is 19.2 Å². The summed E-state index contributed by atoms with van der Waals surface area (Å²) in [6, 6.07) is 7.53. The number of carbonyl (C=O) groups excluding carboxylic acids is 1. The molecule has 2 rings (SSSR count). The molecule has 0 unspecified atom stereocenters. The molecule has 23 heavy (non-hydrogen) atoms. The fourth-order valence-electron chi connectivity index (χ4n) is 1.86. The molecule has 0 heterocycles. The van der Waals surface area contributed by atoms with E-state index in [9.17, 15) is 13.6 Å². The number of carbonyl (C=O) groups is 1. The van der Waals surface area contributed by atoms with Gasteiger partial charge in [-0.2, -0.15) is 0 Å². The molecular formula is C16H15ClF2N2O2. The van der Waals surface area contributed by atoms with Crippen LogP contribution >= 0.6 is 11.6 Å². The number of rotatable bonds is 5. The van der Waals surface area contributed by atoms with E-state index in [4.69, 9.17) is 16.3 Å². The number of aryl methyl sites for hydroxylation is 1.